The van der Waals surface area contributed by atoms with E-state index in [9.17, 15) is 4.79 Å². The molecule has 0 atom stereocenters. The van der Waals surface area contributed by atoms with Crippen LogP contribution in [0.2, 0.25) is 5.02 Å². The third-order valence-corrected chi connectivity index (χ3v) is 3.33. The largest absolute Gasteiger partial charge is 0.460 e. The molecule has 0 fully saturated rings. The standard InChI is InChI=1S/C16H18ClNO3/c1-5-20-16(19)14-13(9(2)3)18-15(21-14)11-7-6-10(4)8-12(11)17/h6-9H,5H2,1-4H3. The molecule has 0 amide bonds. The van der Waals surface area contributed by atoms with Gasteiger partial charge in [0.25, 0.3) is 0 Å². The number of hydrogen-bond acceptors (Lipinski definition) is 4. The summed E-state index contributed by atoms with van der Waals surface area (Å²) in [7, 11) is 0. The van der Waals surface area contributed by atoms with Gasteiger partial charge in [-0.05, 0) is 37.5 Å². The fourth-order valence-corrected chi connectivity index (χ4v) is 2.29. The average Bonchev–Trinajstić information content (AvgIpc) is 2.84. The summed E-state index contributed by atoms with van der Waals surface area (Å²) in [5.74, 6) is 0.0413. The van der Waals surface area contributed by atoms with Gasteiger partial charge in [0.2, 0.25) is 11.7 Å². The normalized spacial score (nSPS) is 11.0. The third kappa shape index (κ3) is 3.27. The molecular formula is C16H18ClNO3. The van der Waals surface area contributed by atoms with Crippen molar-refractivity contribution >= 4 is 17.6 Å². The van der Waals surface area contributed by atoms with Crippen LogP contribution in [0.5, 0.6) is 0 Å². The number of esters is 1. The van der Waals surface area contributed by atoms with Crippen molar-refractivity contribution in [2.75, 3.05) is 6.61 Å². The fraction of sp³-hybridized carbons (Fsp3) is 0.375. The fourth-order valence-electron chi connectivity index (χ4n) is 1.97. The van der Waals surface area contributed by atoms with Crippen molar-refractivity contribution in [2.24, 2.45) is 0 Å². The summed E-state index contributed by atoms with van der Waals surface area (Å²) in [4.78, 5) is 16.4. The molecule has 1 heterocycles. The van der Waals surface area contributed by atoms with Crippen LogP contribution in [0.1, 0.15) is 48.5 Å². The lowest BCUT2D eigenvalue weighted by Crippen LogP contribution is -2.07. The second kappa shape index (κ2) is 6.31. The van der Waals surface area contributed by atoms with E-state index < -0.39 is 5.97 Å². The molecule has 0 unspecified atom stereocenters. The maximum absolute atomic E-state index is 12.0. The summed E-state index contributed by atoms with van der Waals surface area (Å²) in [6, 6.07) is 5.59. The lowest BCUT2D eigenvalue weighted by molar-refractivity contribution is 0.0488. The summed E-state index contributed by atoms with van der Waals surface area (Å²) in [6.45, 7) is 7.88. The van der Waals surface area contributed by atoms with E-state index in [4.69, 9.17) is 20.8 Å². The first kappa shape index (κ1) is 15.6. The van der Waals surface area contributed by atoms with Gasteiger partial charge in [0, 0.05) is 0 Å². The molecule has 0 N–H and O–H groups in total. The van der Waals surface area contributed by atoms with E-state index in [1.165, 1.54) is 0 Å². The van der Waals surface area contributed by atoms with E-state index in [-0.39, 0.29) is 18.3 Å². The van der Waals surface area contributed by atoms with Crippen LogP contribution in [0.3, 0.4) is 0 Å². The molecule has 21 heavy (non-hydrogen) atoms. The zero-order valence-corrected chi connectivity index (χ0v) is 13.3. The third-order valence-electron chi connectivity index (χ3n) is 3.02. The van der Waals surface area contributed by atoms with Crippen LogP contribution in [0.15, 0.2) is 22.6 Å². The second-order valence-electron chi connectivity index (χ2n) is 5.09. The molecule has 112 valence electrons. The van der Waals surface area contributed by atoms with Crippen LogP contribution in [0.25, 0.3) is 11.5 Å². The number of aryl methyl sites for hydroxylation is 1. The minimum atomic E-state index is -0.497. The van der Waals surface area contributed by atoms with Gasteiger partial charge < -0.3 is 9.15 Å². The highest BCUT2D eigenvalue weighted by molar-refractivity contribution is 6.33. The molecule has 0 radical (unpaired) electrons. The summed E-state index contributed by atoms with van der Waals surface area (Å²) in [5.41, 5.74) is 2.30. The number of nitrogens with zero attached hydrogens (tertiary/aromatic N) is 1. The molecule has 0 spiro atoms. The number of aromatic nitrogens is 1. The highest BCUT2D eigenvalue weighted by Gasteiger charge is 2.24. The maximum atomic E-state index is 12.0. The van der Waals surface area contributed by atoms with Gasteiger partial charge in [-0.25, -0.2) is 9.78 Å². The molecule has 1 aromatic carbocycles. The van der Waals surface area contributed by atoms with Gasteiger partial charge in [0.1, 0.15) is 0 Å². The molecule has 0 bridgehead atoms. The van der Waals surface area contributed by atoms with Crippen LogP contribution in [-0.2, 0) is 4.74 Å². The Hall–Kier alpha value is -1.81. The number of ether oxygens (including phenoxy) is 1. The molecule has 4 nitrogen and oxygen atoms in total. The molecule has 0 aliphatic heterocycles. The number of carbonyl (C=O) groups is 1. The Morgan fingerprint density at radius 2 is 2.14 bits per heavy atom. The van der Waals surface area contributed by atoms with Crippen molar-refractivity contribution in [1.29, 1.82) is 0 Å². The highest BCUT2D eigenvalue weighted by atomic mass is 35.5. The van der Waals surface area contributed by atoms with E-state index in [0.717, 1.165) is 5.56 Å². The molecule has 0 saturated carbocycles. The van der Waals surface area contributed by atoms with Crippen molar-refractivity contribution in [1.82, 2.24) is 4.98 Å². The lowest BCUT2D eigenvalue weighted by atomic mass is 10.1. The van der Waals surface area contributed by atoms with Crippen molar-refractivity contribution < 1.29 is 13.9 Å². The van der Waals surface area contributed by atoms with Crippen molar-refractivity contribution in [2.45, 2.75) is 33.6 Å². The SMILES string of the molecule is CCOC(=O)c1oc(-c2ccc(C)cc2Cl)nc1C(C)C. The first-order valence-electron chi connectivity index (χ1n) is 6.88. The van der Waals surface area contributed by atoms with Crippen molar-refractivity contribution in [3.8, 4) is 11.5 Å². The minimum Gasteiger partial charge on any atom is -0.460 e. The van der Waals surface area contributed by atoms with Crippen LogP contribution < -0.4 is 0 Å². The zero-order chi connectivity index (χ0) is 15.6. The predicted molar refractivity (Wildman–Crippen MR) is 81.7 cm³/mol. The zero-order valence-electron chi connectivity index (χ0n) is 12.6. The summed E-state index contributed by atoms with van der Waals surface area (Å²) >= 11 is 6.23. The predicted octanol–water partition coefficient (Wildman–Crippen LogP) is 4.60. The Morgan fingerprint density at radius 1 is 1.43 bits per heavy atom. The number of halogens is 1. The number of carbonyl (C=O) groups excluding carboxylic acids is 1. The van der Waals surface area contributed by atoms with Crippen LogP contribution in [-0.4, -0.2) is 17.6 Å². The molecule has 0 aliphatic rings. The van der Waals surface area contributed by atoms with Crippen LogP contribution >= 0.6 is 11.6 Å². The monoisotopic (exact) mass is 307 g/mol. The lowest BCUT2D eigenvalue weighted by Gasteiger charge is -2.02. The second-order valence-corrected chi connectivity index (χ2v) is 5.50. The summed E-state index contributed by atoms with van der Waals surface area (Å²) < 4.78 is 10.6. The quantitative estimate of drug-likeness (QED) is 0.774. The Bertz CT molecular complexity index is 662. The topological polar surface area (TPSA) is 52.3 Å². The van der Waals surface area contributed by atoms with Gasteiger partial charge in [-0.1, -0.05) is 31.5 Å². The van der Waals surface area contributed by atoms with Crippen LogP contribution in [0, 0.1) is 6.92 Å². The summed E-state index contributed by atoms with van der Waals surface area (Å²) in [5, 5.41) is 0.543. The number of rotatable bonds is 4. The highest BCUT2D eigenvalue weighted by Crippen LogP contribution is 2.32. The van der Waals surface area contributed by atoms with Gasteiger partial charge in [-0.3, -0.25) is 0 Å². The molecule has 0 saturated heterocycles. The van der Waals surface area contributed by atoms with E-state index in [0.29, 0.717) is 22.2 Å². The van der Waals surface area contributed by atoms with Gasteiger partial charge in [-0.15, -0.1) is 0 Å². The number of oxazole rings is 1. The molecule has 5 heteroatoms. The maximum Gasteiger partial charge on any atom is 0.376 e. The molecule has 2 rings (SSSR count). The Kier molecular flexibility index (Phi) is 4.68. The molecule has 1 aromatic heterocycles. The van der Waals surface area contributed by atoms with Gasteiger partial charge in [-0.2, -0.15) is 0 Å². The summed E-state index contributed by atoms with van der Waals surface area (Å²) in [6.07, 6.45) is 0. The first-order valence-corrected chi connectivity index (χ1v) is 7.26. The molecular weight excluding hydrogens is 290 g/mol. The number of benzene rings is 1. The van der Waals surface area contributed by atoms with E-state index in [2.05, 4.69) is 4.98 Å². The first-order chi connectivity index (χ1) is 9.93. The molecule has 2 aromatic rings. The average molecular weight is 308 g/mol. The van der Waals surface area contributed by atoms with Gasteiger partial charge in [0.05, 0.1) is 22.9 Å². The van der Waals surface area contributed by atoms with Gasteiger partial charge in [0.15, 0.2) is 0 Å². The smallest absolute Gasteiger partial charge is 0.376 e. The van der Waals surface area contributed by atoms with Crippen molar-refractivity contribution in [3.05, 3.63) is 40.2 Å². The van der Waals surface area contributed by atoms with Crippen LogP contribution in [0.4, 0.5) is 0 Å². The number of hydrogen-bond donors (Lipinski definition) is 0. The Balaban J connectivity index is 2.51. The Labute approximate surface area is 129 Å². The van der Waals surface area contributed by atoms with E-state index >= 15 is 0 Å². The van der Waals surface area contributed by atoms with E-state index in [1.807, 2.05) is 39.0 Å². The van der Waals surface area contributed by atoms with E-state index in [1.54, 1.807) is 6.92 Å². The minimum absolute atomic E-state index is 0.0473. The van der Waals surface area contributed by atoms with Crippen molar-refractivity contribution in [3.63, 3.8) is 0 Å². The Morgan fingerprint density at radius 3 is 2.71 bits per heavy atom. The molecule has 0 aliphatic carbocycles. The van der Waals surface area contributed by atoms with Gasteiger partial charge >= 0.3 is 5.97 Å².